The normalized spacial score (nSPS) is 11.3. The van der Waals surface area contributed by atoms with Gasteiger partial charge in [0.05, 0.1) is 18.5 Å². The lowest BCUT2D eigenvalue weighted by atomic mass is 10.1. The third-order valence-corrected chi connectivity index (χ3v) is 4.01. The van der Waals surface area contributed by atoms with Crippen LogP contribution < -0.4 is 4.74 Å². The number of imidazole rings is 1. The van der Waals surface area contributed by atoms with Crippen molar-refractivity contribution in [3.8, 4) is 17.1 Å². The molecular weight excluding hydrogens is 300 g/mol. The quantitative estimate of drug-likeness (QED) is 0.625. The number of hydrogen-bond acceptors (Lipinski definition) is 4. The Morgan fingerprint density at radius 2 is 1.92 bits per heavy atom. The van der Waals surface area contributed by atoms with Gasteiger partial charge in [-0.1, -0.05) is 24.3 Å². The Hall–Kier alpha value is -2.40. The van der Waals surface area contributed by atoms with Gasteiger partial charge >= 0.3 is 0 Å². The van der Waals surface area contributed by atoms with E-state index in [4.69, 9.17) is 4.74 Å². The summed E-state index contributed by atoms with van der Waals surface area (Å²) in [6, 6.07) is 12.1. The molecule has 0 fully saturated rings. The van der Waals surface area contributed by atoms with Gasteiger partial charge in [-0.05, 0) is 52.0 Å². The molecule has 0 atom stereocenters. The minimum atomic E-state index is 0.639. The lowest BCUT2D eigenvalue weighted by Crippen LogP contribution is -2.14. The highest BCUT2D eigenvalue weighted by atomic mass is 16.5. The minimum Gasteiger partial charge on any atom is -0.477 e. The van der Waals surface area contributed by atoms with Gasteiger partial charge in [-0.3, -0.25) is 0 Å². The SMILES string of the molecule is Cc1ccccc1-c1cnc2ccc(OCCCCN(C)C)nn12. The summed E-state index contributed by atoms with van der Waals surface area (Å²) in [5.41, 5.74) is 4.16. The summed E-state index contributed by atoms with van der Waals surface area (Å²) >= 11 is 0. The molecule has 1 aromatic carbocycles. The van der Waals surface area contributed by atoms with Crippen LogP contribution >= 0.6 is 0 Å². The molecule has 0 N–H and O–H groups in total. The van der Waals surface area contributed by atoms with Crippen LogP contribution in [0.5, 0.6) is 5.88 Å². The average molecular weight is 324 g/mol. The first-order valence-electron chi connectivity index (χ1n) is 8.33. The Morgan fingerprint density at radius 3 is 2.71 bits per heavy atom. The summed E-state index contributed by atoms with van der Waals surface area (Å²) in [5, 5.41) is 4.61. The number of aromatic nitrogens is 3. The van der Waals surface area contributed by atoms with Gasteiger partial charge in [-0.25, -0.2) is 9.50 Å². The molecule has 2 heterocycles. The summed E-state index contributed by atoms with van der Waals surface area (Å²) in [6.07, 6.45) is 4.01. The van der Waals surface area contributed by atoms with Crippen LogP contribution in [0, 0.1) is 6.92 Å². The fourth-order valence-electron chi connectivity index (χ4n) is 2.68. The van der Waals surface area contributed by atoms with E-state index in [0.29, 0.717) is 12.5 Å². The smallest absolute Gasteiger partial charge is 0.231 e. The molecule has 0 saturated carbocycles. The van der Waals surface area contributed by atoms with E-state index in [1.807, 2.05) is 35.0 Å². The Morgan fingerprint density at radius 1 is 1.08 bits per heavy atom. The first kappa shape index (κ1) is 16.5. The van der Waals surface area contributed by atoms with Crippen LogP contribution in [-0.2, 0) is 0 Å². The van der Waals surface area contributed by atoms with Crippen LogP contribution in [0.3, 0.4) is 0 Å². The van der Waals surface area contributed by atoms with E-state index in [9.17, 15) is 0 Å². The molecule has 0 spiro atoms. The van der Waals surface area contributed by atoms with Crippen molar-refractivity contribution in [3.63, 3.8) is 0 Å². The van der Waals surface area contributed by atoms with Crippen LogP contribution in [0.2, 0.25) is 0 Å². The van der Waals surface area contributed by atoms with Gasteiger partial charge in [0.2, 0.25) is 5.88 Å². The van der Waals surface area contributed by atoms with Crippen LogP contribution in [0.4, 0.5) is 0 Å². The molecule has 5 nitrogen and oxygen atoms in total. The fourth-order valence-corrected chi connectivity index (χ4v) is 2.68. The van der Waals surface area contributed by atoms with E-state index in [1.165, 1.54) is 5.56 Å². The van der Waals surface area contributed by atoms with Crippen molar-refractivity contribution in [2.75, 3.05) is 27.2 Å². The second-order valence-corrected chi connectivity index (χ2v) is 6.26. The molecule has 0 amide bonds. The van der Waals surface area contributed by atoms with E-state index in [1.54, 1.807) is 0 Å². The lowest BCUT2D eigenvalue weighted by Gasteiger charge is -2.10. The Balaban J connectivity index is 1.76. The second kappa shape index (κ2) is 7.45. The van der Waals surface area contributed by atoms with Gasteiger partial charge in [0.1, 0.15) is 0 Å². The summed E-state index contributed by atoms with van der Waals surface area (Å²) in [7, 11) is 4.17. The zero-order chi connectivity index (χ0) is 16.9. The molecule has 3 rings (SSSR count). The van der Waals surface area contributed by atoms with Gasteiger partial charge in [0.15, 0.2) is 5.65 Å². The topological polar surface area (TPSA) is 42.7 Å². The third-order valence-electron chi connectivity index (χ3n) is 4.01. The fraction of sp³-hybridized carbons (Fsp3) is 0.368. The lowest BCUT2D eigenvalue weighted by molar-refractivity contribution is 0.280. The van der Waals surface area contributed by atoms with Crippen molar-refractivity contribution >= 4 is 5.65 Å². The molecule has 0 bridgehead atoms. The standard InChI is InChI=1S/C19H24N4O/c1-15-8-4-5-9-16(15)17-14-20-18-10-11-19(21-23(17)18)24-13-7-6-12-22(2)3/h4-5,8-11,14H,6-7,12-13H2,1-3H3. The first-order chi connectivity index (χ1) is 11.6. The highest BCUT2D eigenvalue weighted by molar-refractivity contribution is 5.66. The molecule has 2 aromatic heterocycles. The van der Waals surface area contributed by atoms with E-state index >= 15 is 0 Å². The van der Waals surface area contributed by atoms with Crippen LogP contribution in [0.1, 0.15) is 18.4 Å². The predicted molar refractivity (Wildman–Crippen MR) is 96.4 cm³/mol. The molecule has 0 radical (unpaired) electrons. The summed E-state index contributed by atoms with van der Waals surface area (Å²) in [4.78, 5) is 6.63. The number of aryl methyl sites for hydroxylation is 1. The van der Waals surface area contributed by atoms with Crippen molar-refractivity contribution in [3.05, 3.63) is 48.2 Å². The summed E-state index contributed by atoms with van der Waals surface area (Å²) in [5.74, 6) is 0.639. The third kappa shape index (κ3) is 3.74. The van der Waals surface area contributed by atoms with E-state index < -0.39 is 0 Å². The Labute approximate surface area is 142 Å². The maximum absolute atomic E-state index is 5.81. The van der Waals surface area contributed by atoms with Gasteiger partial charge in [0.25, 0.3) is 0 Å². The number of benzene rings is 1. The maximum atomic E-state index is 5.81. The van der Waals surface area contributed by atoms with Gasteiger partial charge < -0.3 is 9.64 Å². The highest BCUT2D eigenvalue weighted by Crippen LogP contribution is 2.24. The number of ether oxygens (including phenoxy) is 1. The molecular formula is C19H24N4O. The van der Waals surface area contributed by atoms with E-state index in [2.05, 4.69) is 48.1 Å². The monoisotopic (exact) mass is 324 g/mol. The maximum Gasteiger partial charge on any atom is 0.231 e. The predicted octanol–water partition coefficient (Wildman–Crippen LogP) is 3.43. The Kier molecular flexibility index (Phi) is 5.11. The van der Waals surface area contributed by atoms with Crippen LogP contribution in [-0.4, -0.2) is 46.7 Å². The molecule has 24 heavy (non-hydrogen) atoms. The number of rotatable bonds is 7. The van der Waals surface area contributed by atoms with Crippen LogP contribution in [0.25, 0.3) is 16.9 Å². The van der Waals surface area contributed by atoms with Gasteiger partial charge in [0, 0.05) is 11.6 Å². The molecule has 0 aliphatic rings. The van der Waals surface area contributed by atoms with Crippen molar-refractivity contribution in [2.45, 2.75) is 19.8 Å². The largest absolute Gasteiger partial charge is 0.477 e. The Bertz CT molecular complexity index is 810. The number of hydrogen-bond donors (Lipinski definition) is 0. The van der Waals surface area contributed by atoms with Crippen molar-refractivity contribution in [1.82, 2.24) is 19.5 Å². The zero-order valence-electron chi connectivity index (χ0n) is 14.6. The minimum absolute atomic E-state index is 0.639. The van der Waals surface area contributed by atoms with Crippen molar-refractivity contribution in [2.24, 2.45) is 0 Å². The molecule has 0 aliphatic heterocycles. The average Bonchev–Trinajstić information content (AvgIpc) is 2.98. The van der Waals surface area contributed by atoms with E-state index in [0.717, 1.165) is 36.3 Å². The van der Waals surface area contributed by atoms with Crippen molar-refractivity contribution in [1.29, 1.82) is 0 Å². The van der Waals surface area contributed by atoms with Crippen molar-refractivity contribution < 1.29 is 4.74 Å². The molecule has 0 saturated heterocycles. The van der Waals surface area contributed by atoms with Crippen LogP contribution in [0.15, 0.2) is 42.6 Å². The molecule has 3 aromatic rings. The van der Waals surface area contributed by atoms with E-state index in [-0.39, 0.29) is 0 Å². The van der Waals surface area contributed by atoms with Gasteiger partial charge in [-0.15, -0.1) is 5.10 Å². The highest BCUT2D eigenvalue weighted by Gasteiger charge is 2.10. The van der Waals surface area contributed by atoms with Gasteiger partial charge in [-0.2, -0.15) is 0 Å². The molecule has 0 unspecified atom stereocenters. The zero-order valence-corrected chi connectivity index (χ0v) is 14.6. The second-order valence-electron chi connectivity index (χ2n) is 6.26. The molecule has 126 valence electrons. The number of nitrogens with zero attached hydrogens (tertiary/aromatic N) is 4. The number of unbranched alkanes of at least 4 members (excludes halogenated alkanes) is 1. The first-order valence-corrected chi connectivity index (χ1v) is 8.33. The number of fused-ring (bicyclic) bond motifs is 1. The summed E-state index contributed by atoms with van der Waals surface area (Å²) in [6.45, 7) is 3.86. The summed E-state index contributed by atoms with van der Waals surface area (Å²) < 4.78 is 7.67. The molecule has 0 aliphatic carbocycles. The molecule has 5 heteroatoms.